The van der Waals surface area contributed by atoms with E-state index in [0.717, 1.165) is 18.5 Å². The Hall–Kier alpha value is -3.43. The number of amides is 1. The third-order valence-electron chi connectivity index (χ3n) is 5.55. The lowest BCUT2D eigenvalue weighted by molar-refractivity contribution is -0.132. The van der Waals surface area contributed by atoms with E-state index in [2.05, 4.69) is 20.1 Å². The lowest BCUT2D eigenvalue weighted by atomic mass is 9.93. The predicted octanol–water partition coefficient (Wildman–Crippen LogP) is 1.72. The van der Waals surface area contributed by atoms with Crippen molar-refractivity contribution in [2.45, 2.75) is 31.6 Å². The molecule has 1 aliphatic rings. The van der Waals surface area contributed by atoms with Gasteiger partial charge in [-0.25, -0.2) is 9.97 Å². The third kappa shape index (κ3) is 4.52. The molecule has 3 aromatic rings. The molecule has 0 saturated carbocycles. The molecule has 1 fully saturated rings. The molecule has 1 N–H and O–H groups in total. The van der Waals surface area contributed by atoms with E-state index in [4.69, 9.17) is 9.26 Å². The molecule has 4 heterocycles. The molecule has 0 spiro atoms. The van der Waals surface area contributed by atoms with E-state index >= 15 is 0 Å². The van der Waals surface area contributed by atoms with E-state index in [0.29, 0.717) is 54.4 Å². The number of nitrogens with one attached hydrogen (secondary N) is 1. The van der Waals surface area contributed by atoms with Crippen molar-refractivity contribution in [1.29, 1.82) is 0 Å². The topological polar surface area (TPSA) is 117 Å². The summed E-state index contributed by atoms with van der Waals surface area (Å²) in [5.74, 6) is 1.68. The highest BCUT2D eigenvalue weighted by atomic mass is 16.5. The number of anilines is 1. The van der Waals surface area contributed by atoms with Crippen LogP contribution in [-0.4, -0.2) is 65.2 Å². The fourth-order valence-electron chi connectivity index (χ4n) is 3.84. The highest BCUT2D eigenvalue weighted by molar-refractivity contribution is 5.78. The Morgan fingerprint density at radius 1 is 1.39 bits per heavy atom. The normalized spacial score (nSPS) is 16.5. The van der Waals surface area contributed by atoms with Crippen LogP contribution in [0.25, 0.3) is 10.9 Å². The van der Waals surface area contributed by atoms with Crippen molar-refractivity contribution in [2.24, 2.45) is 0 Å². The minimum Gasteiger partial charge on any atom is -0.479 e. The number of hydrogen-bond acceptors (Lipinski definition) is 8. The number of rotatable bonds is 6. The number of likely N-dealkylation sites (tertiary alicyclic amines) is 1. The quantitative estimate of drug-likeness (QED) is 0.633. The molecule has 164 valence electrons. The molecule has 10 heteroatoms. The summed E-state index contributed by atoms with van der Waals surface area (Å²) in [5, 5.41) is 4.22. The second kappa shape index (κ2) is 8.75. The van der Waals surface area contributed by atoms with Gasteiger partial charge in [-0.3, -0.25) is 9.59 Å². The first-order valence-corrected chi connectivity index (χ1v) is 10.3. The molecule has 1 amide bonds. The SMILES string of the molecule is COc1cc(CCC(=O)N2CCC[C@@H](c3cc4nc(N(C)C)ncc4c(=O)[nH]3)C2)on1. The number of aryl methyl sites for hydroxylation is 1. The van der Waals surface area contributed by atoms with Gasteiger partial charge >= 0.3 is 0 Å². The van der Waals surface area contributed by atoms with Crippen LogP contribution >= 0.6 is 0 Å². The number of nitrogens with zero attached hydrogens (tertiary/aromatic N) is 5. The van der Waals surface area contributed by atoms with Gasteiger partial charge in [-0.2, -0.15) is 0 Å². The van der Waals surface area contributed by atoms with Crippen LogP contribution in [-0.2, 0) is 11.2 Å². The molecule has 1 atom stereocenters. The molecule has 10 nitrogen and oxygen atoms in total. The summed E-state index contributed by atoms with van der Waals surface area (Å²) in [5.41, 5.74) is 1.21. The fraction of sp³-hybridized carbons (Fsp3) is 0.476. The zero-order valence-electron chi connectivity index (χ0n) is 17.9. The number of aromatic nitrogens is 4. The highest BCUT2D eigenvalue weighted by Gasteiger charge is 2.26. The molecular weight excluding hydrogens is 400 g/mol. The van der Waals surface area contributed by atoms with E-state index in [1.165, 1.54) is 7.11 Å². The average Bonchev–Trinajstić information content (AvgIpc) is 3.25. The van der Waals surface area contributed by atoms with Gasteiger partial charge in [0, 0.05) is 63.9 Å². The summed E-state index contributed by atoms with van der Waals surface area (Å²) in [6, 6.07) is 3.60. The summed E-state index contributed by atoms with van der Waals surface area (Å²) >= 11 is 0. The van der Waals surface area contributed by atoms with Crippen LogP contribution in [0.4, 0.5) is 5.95 Å². The van der Waals surface area contributed by atoms with Crippen LogP contribution in [0, 0.1) is 0 Å². The van der Waals surface area contributed by atoms with Gasteiger partial charge in [-0.1, -0.05) is 0 Å². The Morgan fingerprint density at radius 3 is 2.97 bits per heavy atom. The van der Waals surface area contributed by atoms with E-state index in [-0.39, 0.29) is 17.4 Å². The maximum absolute atomic E-state index is 12.8. The molecular formula is C21H26N6O4. The standard InChI is InChI=1S/C21H26N6O4/c1-26(2)21-22-11-15-17(24-21)10-16(23-20(15)29)13-5-4-8-27(12-13)19(28)7-6-14-9-18(30-3)25-31-14/h9-11,13H,4-8,12H2,1-3H3,(H,23,29)/t13-/m1/s1. The Morgan fingerprint density at radius 2 is 2.23 bits per heavy atom. The maximum Gasteiger partial charge on any atom is 0.259 e. The van der Waals surface area contributed by atoms with Gasteiger partial charge in [0.25, 0.3) is 11.4 Å². The smallest absolute Gasteiger partial charge is 0.259 e. The van der Waals surface area contributed by atoms with Gasteiger partial charge in [-0.05, 0) is 24.1 Å². The number of aromatic amines is 1. The third-order valence-corrected chi connectivity index (χ3v) is 5.55. The fourth-order valence-corrected chi connectivity index (χ4v) is 3.84. The van der Waals surface area contributed by atoms with Gasteiger partial charge in [0.15, 0.2) is 0 Å². The van der Waals surface area contributed by atoms with E-state index in [1.54, 1.807) is 17.2 Å². The number of pyridine rings is 1. The second-order valence-corrected chi connectivity index (χ2v) is 7.93. The van der Waals surface area contributed by atoms with E-state index in [1.807, 2.05) is 25.1 Å². The zero-order valence-corrected chi connectivity index (χ0v) is 17.9. The van der Waals surface area contributed by atoms with Crippen molar-refractivity contribution in [1.82, 2.24) is 25.0 Å². The number of hydrogen-bond donors (Lipinski definition) is 1. The molecule has 31 heavy (non-hydrogen) atoms. The number of fused-ring (bicyclic) bond motifs is 1. The van der Waals surface area contributed by atoms with Crippen LogP contribution < -0.4 is 15.2 Å². The second-order valence-electron chi connectivity index (χ2n) is 7.93. The predicted molar refractivity (Wildman–Crippen MR) is 114 cm³/mol. The summed E-state index contributed by atoms with van der Waals surface area (Å²) in [6.45, 7) is 1.27. The first-order valence-electron chi connectivity index (χ1n) is 10.3. The lowest BCUT2D eigenvalue weighted by Gasteiger charge is -2.33. The molecule has 3 aromatic heterocycles. The van der Waals surface area contributed by atoms with Crippen molar-refractivity contribution < 1.29 is 14.1 Å². The molecule has 4 rings (SSSR count). The van der Waals surface area contributed by atoms with E-state index in [9.17, 15) is 9.59 Å². The summed E-state index contributed by atoms with van der Waals surface area (Å²) in [4.78, 5) is 40.7. The lowest BCUT2D eigenvalue weighted by Crippen LogP contribution is -2.39. The van der Waals surface area contributed by atoms with Gasteiger partial charge in [-0.15, -0.1) is 0 Å². The van der Waals surface area contributed by atoms with Crippen LogP contribution in [0.5, 0.6) is 5.88 Å². The summed E-state index contributed by atoms with van der Waals surface area (Å²) in [6.07, 6.45) is 4.12. The number of H-pyrrole nitrogens is 1. The first-order chi connectivity index (χ1) is 14.9. The molecule has 1 aliphatic heterocycles. The Labute approximate surface area is 179 Å². The number of carbonyl (C=O) groups is 1. The summed E-state index contributed by atoms with van der Waals surface area (Å²) in [7, 11) is 5.23. The number of methoxy groups -OCH3 is 1. The monoisotopic (exact) mass is 426 g/mol. The Balaban J connectivity index is 1.47. The molecule has 0 unspecified atom stereocenters. The van der Waals surface area contributed by atoms with Gasteiger partial charge in [0.2, 0.25) is 11.9 Å². The first kappa shape index (κ1) is 20.8. The maximum atomic E-state index is 12.8. The number of ether oxygens (including phenoxy) is 1. The van der Waals surface area contributed by atoms with Crippen LogP contribution in [0.1, 0.15) is 36.6 Å². The van der Waals surface area contributed by atoms with Crippen molar-refractivity contribution in [2.75, 3.05) is 39.2 Å². The van der Waals surface area contributed by atoms with Crippen molar-refractivity contribution in [3.8, 4) is 5.88 Å². The summed E-state index contributed by atoms with van der Waals surface area (Å²) < 4.78 is 10.2. The Kier molecular flexibility index (Phi) is 5.88. The van der Waals surface area contributed by atoms with E-state index < -0.39 is 0 Å². The number of piperidine rings is 1. The van der Waals surface area contributed by atoms with Crippen molar-refractivity contribution in [3.63, 3.8) is 0 Å². The molecule has 0 radical (unpaired) electrons. The highest BCUT2D eigenvalue weighted by Crippen LogP contribution is 2.27. The minimum absolute atomic E-state index is 0.0537. The largest absolute Gasteiger partial charge is 0.479 e. The van der Waals surface area contributed by atoms with Gasteiger partial charge in [0.05, 0.1) is 18.0 Å². The number of carbonyl (C=O) groups excluding carboxylic acids is 1. The molecule has 1 saturated heterocycles. The van der Waals surface area contributed by atoms with Gasteiger partial charge < -0.3 is 24.0 Å². The minimum atomic E-state index is -0.208. The van der Waals surface area contributed by atoms with Crippen LogP contribution in [0.3, 0.4) is 0 Å². The van der Waals surface area contributed by atoms with Gasteiger partial charge in [0.1, 0.15) is 5.76 Å². The van der Waals surface area contributed by atoms with Crippen LogP contribution in [0.15, 0.2) is 27.6 Å². The molecule has 0 aliphatic carbocycles. The molecule has 0 bridgehead atoms. The van der Waals surface area contributed by atoms with Crippen LogP contribution in [0.2, 0.25) is 0 Å². The Bertz CT molecular complexity index is 1140. The average molecular weight is 426 g/mol. The zero-order chi connectivity index (χ0) is 22.0. The molecule has 0 aromatic carbocycles. The van der Waals surface area contributed by atoms with Crippen molar-refractivity contribution >= 4 is 22.8 Å². The van der Waals surface area contributed by atoms with Crippen molar-refractivity contribution in [3.05, 3.63) is 40.1 Å².